The number of nitrogens with zero attached hydrogens (tertiary/aromatic N) is 1. The van der Waals surface area contributed by atoms with Crippen molar-refractivity contribution in [2.75, 3.05) is 27.3 Å². The molecule has 19 heavy (non-hydrogen) atoms. The smallest absolute Gasteiger partial charge is 0.122 e. The van der Waals surface area contributed by atoms with Crippen LogP contribution in [0.2, 0.25) is 0 Å². The van der Waals surface area contributed by atoms with E-state index in [1.165, 1.54) is 5.56 Å². The van der Waals surface area contributed by atoms with Crippen LogP contribution in [-0.4, -0.2) is 48.9 Å². The summed E-state index contributed by atoms with van der Waals surface area (Å²) in [5, 5.41) is 9.22. The third-order valence-corrected chi connectivity index (χ3v) is 3.43. The first kappa shape index (κ1) is 16.0. The minimum absolute atomic E-state index is 0.0152. The minimum atomic E-state index is -0.566. The number of aliphatic hydroxyl groups excluding tert-OH is 1. The summed E-state index contributed by atoms with van der Waals surface area (Å²) in [4.78, 5) is 2.17. The molecule has 0 saturated carbocycles. The van der Waals surface area contributed by atoms with Gasteiger partial charge in [-0.2, -0.15) is 0 Å². The molecule has 108 valence electrons. The van der Waals surface area contributed by atoms with Crippen molar-refractivity contribution >= 4 is 0 Å². The third kappa shape index (κ3) is 4.82. The molecule has 0 aliphatic carbocycles. The van der Waals surface area contributed by atoms with Gasteiger partial charge in [0.05, 0.1) is 13.7 Å². The topological polar surface area (TPSA) is 58.7 Å². The minimum Gasteiger partial charge on any atom is -0.496 e. The second kappa shape index (κ2) is 6.89. The van der Waals surface area contributed by atoms with Gasteiger partial charge in [0, 0.05) is 18.1 Å². The van der Waals surface area contributed by atoms with Gasteiger partial charge in [0.25, 0.3) is 0 Å². The summed E-state index contributed by atoms with van der Waals surface area (Å²) in [5.41, 5.74) is 6.61. The summed E-state index contributed by atoms with van der Waals surface area (Å²) in [6.07, 6.45) is 0.891. The van der Waals surface area contributed by atoms with Crippen LogP contribution in [-0.2, 0) is 6.42 Å². The van der Waals surface area contributed by atoms with Crippen LogP contribution in [0.3, 0.4) is 0 Å². The van der Waals surface area contributed by atoms with Crippen molar-refractivity contribution in [2.24, 2.45) is 5.73 Å². The van der Waals surface area contributed by atoms with Gasteiger partial charge in [-0.15, -0.1) is 0 Å². The molecule has 4 nitrogen and oxygen atoms in total. The highest BCUT2D eigenvalue weighted by Crippen LogP contribution is 2.20. The highest BCUT2D eigenvalue weighted by molar-refractivity contribution is 5.33. The fraction of sp³-hybridized carbons (Fsp3) is 0.600. The lowest BCUT2D eigenvalue weighted by Gasteiger charge is -2.32. The lowest BCUT2D eigenvalue weighted by molar-refractivity contribution is 0.142. The van der Waals surface area contributed by atoms with Crippen LogP contribution in [0.4, 0.5) is 0 Å². The Morgan fingerprint density at radius 3 is 2.63 bits per heavy atom. The van der Waals surface area contributed by atoms with E-state index in [2.05, 4.69) is 17.9 Å². The van der Waals surface area contributed by atoms with Gasteiger partial charge < -0.3 is 20.5 Å². The molecular weight excluding hydrogens is 240 g/mol. The monoisotopic (exact) mass is 266 g/mol. The molecule has 0 radical (unpaired) electrons. The van der Waals surface area contributed by atoms with Gasteiger partial charge in [-0.3, -0.25) is 0 Å². The Morgan fingerprint density at radius 2 is 2.05 bits per heavy atom. The molecule has 1 aromatic rings. The van der Waals surface area contributed by atoms with Crippen LogP contribution in [0.5, 0.6) is 5.75 Å². The molecule has 3 N–H and O–H groups in total. The zero-order chi connectivity index (χ0) is 14.5. The number of likely N-dealkylation sites (N-methyl/N-ethyl adjacent to an activating group) is 1. The Balaban J connectivity index is 2.66. The number of hydrogen-bond donors (Lipinski definition) is 2. The van der Waals surface area contributed by atoms with E-state index in [1.807, 2.05) is 32.2 Å². The molecular formula is C15H26N2O2. The average Bonchev–Trinajstić information content (AvgIpc) is 2.38. The average molecular weight is 266 g/mol. The summed E-state index contributed by atoms with van der Waals surface area (Å²) < 4.78 is 5.36. The van der Waals surface area contributed by atoms with E-state index in [4.69, 9.17) is 10.5 Å². The van der Waals surface area contributed by atoms with Crippen molar-refractivity contribution in [1.29, 1.82) is 0 Å². The number of benzene rings is 1. The molecule has 0 fully saturated rings. The highest BCUT2D eigenvalue weighted by Gasteiger charge is 2.22. The number of hydrogen-bond acceptors (Lipinski definition) is 4. The van der Waals surface area contributed by atoms with Crippen LogP contribution < -0.4 is 10.5 Å². The van der Waals surface area contributed by atoms with E-state index in [0.29, 0.717) is 12.6 Å². The van der Waals surface area contributed by atoms with Gasteiger partial charge in [-0.25, -0.2) is 0 Å². The molecule has 0 heterocycles. The van der Waals surface area contributed by atoms with Gasteiger partial charge in [-0.1, -0.05) is 18.2 Å². The number of ether oxygens (including phenoxy) is 1. The lowest BCUT2D eigenvalue weighted by Crippen LogP contribution is -2.51. The van der Waals surface area contributed by atoms with Crippen molar-refractivity contribution in [3.63, 3.8) is 0 Å². The van der Waals surface area contributed by atoms with Crippen molar-refractivity contribution in [2.45, 2.75) is 31.8 Å². The van der Waals surface area contributed by atoms with Crippen molar-refractivity contribution in [3.8, 4) is 5.75 Å². The number of methoxy groups -OCH3 is 1. The van der Waals surface area contributed by atoms with Gasteiger partial charge in [-0.05, 0) is 38.9 Å². The normalized spacial score (nSPS) is 16.2. The quantitative estimate of drug-likeness (QED) is 0.780. The molecule has 2 atom stereocenters. The van der Waals surface area contributed by atoms with Crippen LogP contribution >= 0.6 is 0 Å². The van der Waals surface area contributed by atoms with Crippen LogP contribution in [0.15, 0.2) is 24.3 Å². The largest absolute Gasteiger partial charge is 0.496 e. The van der Waals surface area contributed by atoms with Crippen molar-refractivity contribution in [3.05, 3.63) is 29.8 Å². The Bertz CT molecular complexity index is 393. The zero-order valence-corrected chi connectivity index (χ0v) is 12.4. The molecule has 0 aliphatic rings. The van der Waals surface area contributed by atoms with E-state index in [1.54, 1.807) is 7.11 Å². The molecule has 4 heteroatoms. The summed E-state index contributed by atoms with van der Waals surface area (Å²) >= 11 is 0. The summed E-state index contributed by atoms with van der Waals surface area (Å²) in [5.74, 6) is 0.917. The second-order valence-electron chi connectivity index (χ2n) is 5.59. The zero-order valence-electron chi connectivity index (χ0n) is 12.4. The van der Waals surface area contributed by atoms with E-state index in [0.717, 1.165) is 12.2 Å². The van der Waals surface area contributed by atoms with Crippen molar-refractivity contribution in [1.82, 2.24) is 4.90 Å². The maximum absolute atomic E-state index is 9.22. The molecule has 1 rings (SSSR count). The second-order valence-corrected chi connectivity index (χ2v) is 5.59. The maximum Gasteiger partial charge on any atom is 0.122 e. The first-order valence-corrected chi connectivity index (χ1v) is 6.61. The third-order valence-electron chi connectivity index (χ3n) is 3.43. The lowest BCUT2D eigenvalue weighted by atomic mass is 10.0. The number of aliphatic hydroxyl groups is 1. The van der Waals surface area contributed by atoms with Gasteiger partial charge in [0.2, 0.25) is 0 Å². The number of para-hydroxylation sites is 1. The molecule has 2 unspecified atom stereocenters. The van der Waals surface area contributed by atoms with Gasteiger partial charge in [0.15, 0.2) is 0 Å². The van der Waals surface area contributed by atoms with E-state index in [-0.39, 0.29) is 6.61 Å². The molecule has 0 aromatic heterocycles. The van der Waals surface area contributed by atoms with Crippen LogP contribution in [0.1, 0.15) is 19.4 Å². The van der Waals surface area contributed by atoms with Gasteiger partial charge >= 0.3 is 0 Å². The Labute approximate surface area is 116 Å². The maximum atomic E-state index is 9.22. The van der Waals surface area contributed by atoms with Crippen LogP contribution in [0, 0.1) is 0 Å². The Kier molecular flexibility index (Phi) is 5.79. The van der Waals surface area contributed by atoms with Gasteiger partial charge in [0.1, 0.15) is 5.75 Å². The highest BCUT2D eigenvalue weighted by atomic mass is 16.5. The molecule has 0 aliphatic heterocycles. The summed E-state index contributed by atoms with van der Waals surface area (Å²) in [7, 11) is 3.72. The summed E-state index contributed by atoms with van der Waals surface area (Å²) in [6, 6.07) is 8.37. The Morgan fingerprint density at radius 1 is 1.42 bits per heavy atom. The molecule has 0 amide bonds. The number of nitrogens with two attached hydrogens (primary N) is 1. The first-order valence-electron chi connectivity index (χ1n) is 6.61. The first-order chi connectivity index (χ1) is 8.89. The SMILES string of the molecule is COc1ccccc1CC(C)N(C)CC(C)(N)CO. The molecule has 1 aromatic carbocycles. The summed E-state index contributed by atoms with van der Waals surface area (Å²) in [6.45, 7) is 4.65. The van der Waals surface area contributed by atoms with Crippen molar-refractivity contribution < 1.29 is 9.84 Å². The Hall–Kier alpha value is -1.10. The molecule has 0 spiro atoms. The van der Waals surface area contributed by atoms with E-state index < -0.39 is 5.54 Å². The van der Waals surface area contributed by atoms with E-state index >= 15 is 0 Å². The predicted octanol–water partition coefficient (Wildman–Crippen LogP) is 1.27. The number of rotatable bonds is 7. The standard InChI is InChI=1S/C15H26N2O2/c1-12(17(3)10-15(2,16)11-18)9-13-7-5-6-8-14(13)19-4/h5-8,12,18H,9-11,16H2,1-4H3. The molecule has 0 saturated heterocycles. The molecule has 0 bridgehead atoms. The van der Waals surface area contributed by atoms with E-state index in [9.17, 15) is 5.11 Å². The fourth-order valence-corrected chi connectivity index (χ4v) is 2.12. The predicted molar refractivity (Wildman–Crippen MR) is 78.5 cm³/mol. The van der Waals surface area contributed by atoms with Crippen LogP contribution in [0.25, 0.3) is 0 Å². The fourth-order valence-electron chi connectivity index (χ4n) is 2.12.